The van der Waals surface area contributed by atoms with E-state index in [1.54, 1.807) is 0 Å². The van der Waals surface area contributed by atoms with E-state index >= 15 is 0 Å². The fourth-order valence-electron chi connectivity index (χ4n) is 2.38. The van der Waals surface area contributed by atoms with E-state index in [1.807, 2.05) is 18.5 Å². The van der Waals surface area contributed by atoms with Crippen molar-refractivity contribution >= 4 is 0 Å². The molecule has 0 aliphatic heterocycles. The summed E-state index contributed by atoms with van der Waals surface area (Å²) in [6.45, 7) is 9.63. The molecule has 0 saturated carbocycles. The highest BCUT2D eigenvalue weighted by Crippen LogP contribution is 2.02. The van der Waals surface area contributed by atoms with Gasteiger partial charge in [-0.05, 0) is 33.8 Å². The number of nitrogens with one attached hydrogen (secondary N) is 2. The topological polar surface area (TPSA) is 75.6 Å². The minimum atomic E-state index is -0.0896. The van der Waals surface area contributed by atoms with Gasteiger partial charge in [-0.1, -0.05) is 0 Å². The lowest BCUT2D eigenvalue weighted by Crippen LogP contribution is -2.33. The summed E-state index contributed by atoms with van der Waals surface area (Å²) in [7, 11) is 0. The number of aromatic nitrogens is 4. The van der Waals surface area contributed by atoms with Crippen LogP contribution in [0.15, 0.2) is 16.9 Å². The van der Waals surface area contributed by atoms with Crippen molar-refractivity contribution in [3.8, 4) is 0 Å². The molecule has 0 bridgehead atoms. The molecule has 2 aromatic rings. The predicted molar refractivity (Wildman–Crippen MR) is 82.5 cm³/mol. The first-order chi connectivity index (χ1) is 9.94. The summed E-state index contributed by atoms with van der Waals surface area (Å²) in [5.74, 6) is 0.728. The molecule has 6 nitrogen and oxygen atoms in total. The molecule has 2 N–H and O–H groups in total. The Morgan fingerprint density at radius 2 is 2.05 bits per heavy atom. The van der Waals surface area contributed by atoms with Crippen molar-refractivity contribution in [1.29, 1.82) is 0 Å². The lowest BCUT2D eigenvalue weighted by Gasteiger charge is -2.14. The third kappa shape index (κ3) is 4.53. The molecule has 0 saturated heterocycles. The molecule has 2 aromatic heterocycles. The van der Waals surface area contributed by atoms with Crippen molar-refractivity contribution in [3.63, 3.8) is 0 Å². The van der Waals surface area contributed by atoms with Crippen LogP contribution in [-0.4, -0.2) is 32.3 Å². The standard InChI is InChI=1S/C15H23N5O/c1-10-8-15(21)18-14(17-10)5-6-16-12(3)9-20-13(4)7-11(2)19-20/h7-8,12,16H,5-6,9H2,1-4H3,(H,17,18,21)/t12-/m0/s1. The van der Waals surface area contributed by atoms with Crippen LogP contribution in [0, 0.1) is 20.8 Å². The number of aromatic amines is 1. The summed E-state index contributed by atoms with van der Waals surface area (Å²) >= 11 is 0. The van der Waals surface area contributed by atoms with Gasteiger partial charge in [0.25, 0.3) is 5.56 Å². The summed E-state index contributed by atoms with van der Waals surface area (Å²) in [5.41, 5.74) is 2.88. The Morgan fingerprint density at radius 1 is 1.29 bits per heavy atom. The van der Waals surface area contributed by atoms with Gasteiger partial charge in [0, 0.05) is 36.5 Å². The Morgan fingerprint density at radius 3 is 2.67 bits per heavy atom. The highest BCUT2D eigenvalue weighted by Gasteiger charge is 2.07. The molecular formula is C15H23N5O. The smallest absolute Gasteiger partial charge is 0.251 e. The second-order valence-electron chi connectivity index (χ2n) is 5.55. The van der Waals surface area contributed by atoms with Gasteiger partial charge in [-0.3, -0.25) is 9.48 Å². The van der Waals surface area contributed by atoms with Crippen LogP contribution in [0.3, 0.4) is 0 Å². The van der Waals surface area contributed by atoms with Crippen LogP contribution in [0.2, 0.25) is 0 Å². The van der Waals surface area contributed by atoms with Gasteiger partial charge in [0.2, 0.25) is 0 Å². The molecule has 0 radical (unpaired) electrons. The Hall–Kier alpha value is -1.95. The Balaban J connectivity index is 1.82. The van der Waals surface area contributed by atoms with Crippen LogP contribution < -0.4 is 10.9 Å². The van der Waals surface area contributed by atoms with Crippen molar-refractivity contribution in [1.82, 2.24) is 25.1 Å². The molecular weight excluding hydrogens is 266 g/mol. The summed E-state index contributed by atoms with van der Waals surface area (Å²) in [6, 6.07) is 3.88. The largest absolute Gasteiger partial charge is 0.312 e. The Kier molecular flexibility index (Phi) is 4.90. The van der Waals surface area contributed by atoms with Crippen LogP contribution >= 0.6 is 0 Å². The maximum absolute atomic E-state index is 11.4. The van der Waals surface area contributed by atoms with E-state index in [2.05, 4.69) is 40.3 Å². The average molecular weight is 289 g/mol. The van der Waals surface area contributed by atoms with Crippen molar-refractivity contribution in [2.24, 2.45) is 0 Å². The van der Waals surface area contributed by atoms with Crippen LogP contribution in [0.4, 0.5) is 0 Å². The van der Waals surface area contributed by atoms with Gasteiger partial charge in [0.1, 0.15) is 5.82 Å². The Labute approximate surface area is 124 Å². The van der Waals surface area contributed by atoms with E-state index in [4.69, 9.17) is 0 Å². The number of rotatable bonds is 6. The molecule has 0 aliphatic rings. The van der Waals surface area contributed by atoms with Crippen LogP contribution in [0.5, 0.6) is 0 Å². The zero-order valence-electron chi connectivity index (χ0n) is 13.1. The zero-order valence-corrected chi connectivity index (χ0v) is 13.1. The quantitative estimate of drug-likeness (QED) is 0.835. The number of nitrogens with zero attached hydrogens (tertiary/aromatic N) is 3. The lowest BCUT2D eigenvalue weighted by molar-refractivity contribution is 0.445. The highest BCUT2D eigenvalue weighted by atomic mass is 16.1. The molecule has 0 spiro atoms. The molecule has 0 amide bonds. The van der Waals surface area contributed by atoms with E-state index in [1.165, 1.54) is 11.8 Å². The molecule has 2 rings (SSSR count). The molecule has 2 heterocycles. The van der Waals surface area contributed by atoms with E-state index in [0.717, 1.165) is 30.3 Å². The lowest BCUT2D eigenvalue weighted by atomic mass is 10.3. The van der Waals surface area contributed by atoms with Gasteiger partial charge >= 0.3 is 0 Å². The van der Waals surface area contributed by atoms with Gasteiger partial charge < -0.3 is 10.3 Å². The van der Waals surface area contributed by atoms with Gasteiger partial charge in [-0.25, -0.2) is 4.98 Å². The summed E-state index contributed by atoms with van der Waals surface area (Å²) in [4.78, 5) is 18.4. The summed E-state index contributed by atoms with van der Waals surface area (Å²) < 4.78 is 2.01. The van der Waals surface area contributed by atoms with Crippen molar-refractivity contribution < 1.29 is 0 Å². The monoisotopic (exact) mass is 289 g/mol. The molecule has 114 valence electrons. The maximum atomic E-state index is 11.4. The van der Waals surface area contributed by atoms with Crippen LogP contribution in [-0.2, 0) is 13.0 Å². The fourth-order valence-corrected chi connectivity index (χ4v) is 2.38. The maximum Gasteiger partial charge on any atom is 0.251 e. The summed E-state index contributed by atoms with van der Waals surface area (Å²) in [5, 5.41) is 7.89. The summed E-state index contributed by atoms with van der Waals surface area (Å²) in [6.07, 6.45) is 0.707. The third-order valence-corrected chi connectivity index (χ3v) is 3.32. The number of hydrogen-bond donors (Lipinski definition) is 2. The van der Waals surface area contributed by atoms with E-state index in [0.29, 0.717) is 12.5 Å². The zero-order chi connectivity index (χ0) is 15.4. The third-order valence-electron chi connectivity index (χ3n) is 3.32. The first-order valence-corrected chi connectivity index (χ1v) is 7.25. The fraction of sp³-hybridized carbons (Fsp3) is 0.533. The molecule has 0 aliphatic carbocycles. The van der Waals surface area contributed by atoms with Gasteiger partial charge in [-0.15, -0.1) is 0 Å². The first-order valence-electron chi connectivity index (χ1n) is 7.25. The van der Waals surface area contributed by atoms with Crippen molar-refractivity contribution in [2.45, 2.75) is 46.7 Å². The average Bonchev–Trinajstić information content (AvgIpc) is 2.66. The van der Waals surface area contributed by atoms with Gasteiger partial charge in [0.05, 0.1) is 12.2 Å². The Bertz CT molecular complexity index is 658. The van der Waals surface area contributed by atoms with E-state index in [-0.39, 0.29) is 5.56 Å². The van der Waals surface area contributed by atoms with Crippen LogP contribution in [0.1, 0.15) is 29.8 Å². The minimum Gasteiger partial charge on any atom is -0.312 e. The highest BCUT2D eigenvalue weighted by molar-refractivity contribution is 5.06. The normalized spacial score (nSPS) is 12.6. The number of aryl methyl sites for hydroxylation is 3. The molecule has 21 heavy (non-hydrogen) atoms. The van der Waals surface area contributed by atoms with E-state index < -0.39 is 0 Å². The molecule has 6 heteroatoms. The molecule has 0 aromatic carbocycles. The minimum absolute atomic E-state index is 0.0896. The van der Waals surface area contributed by atoms with Gasteiger partial charge in [0.15, 0.2) is 0 Å². The van der Waals surface area contributed by atoms with Crippen LogP contribution in [0.25, 0.3) is 0 Å². The molecule has 0 fully saturated rings. The molecule has 0 unspecified atom stereocenters. The van der Waals surface area contributed by atoms with Crippen molar-refractivity contribution in [2.75, 3.05) is 6.54 Å². The second kappa shape index (κ2) is 6.67. The SMILES string of the molecule is Cc1cc(=O)[nH]c(CCN[C@@H](C)Cn2nc(C)cc2C)n1. The second-order valence-corrected chi connectivity index (χ2v) is 5.55. The first kappa shape index (κ1) is 15.4. The predicted octanol–water partition coefficient (Wildman–Crippen LogP) is 1.11. The van der Waals surface area contributed by atoms with E-state index in [9.17, 15) is 4.79 Å². The van der Waals surface area contributed by atoms with Crippen molar-refractivity contribution in [3.05, 3.63) is 45.4 Å². The molecule has 1 atom stereocenters. The van der Waals surface area contributed by atoms with Gasteiger partial charge in [-0.2, -0.15) is 5.10 Å². The number of H-pyrrole nitrogens is 1. The number of hydrogen-bond acceptors (Lipinski definition) is 4.